The molecule has 0 saturated heterocycles. The largest absolute Gasteiger partial charge is 0.367 e. The number of unbranched alkanes of at least 4 members (excludes halogenated alkanes) is 1. The maximum Gasteiger partial charge on any atom is 0.285 e. The van der Waals surface area contributed by atoms with Gasteiger partial charge in [-0.15, -0.1) is 5.06 Å². The molecule has 3 rings (SSSR count). The van der Waals surface area contributed by atoms with Crippen LogP contribution in [0.3, 0.4) is 0 Å². The van der Waals surface area contributed by atoms with Crippen LogP contribution in [0.4, 0.5) is 0 Å². The van der Waals surface area contributed by atoms with Gasteiger partial charge < -0.3 is 11.5 Å². The Bertz CT molecular complexity index is 1640. The number of fused-ring (bicyclic) bond motifs is 1. The molecule has 2 aromatic rings. The Morgan fingerprint density at radius 2 is 1.18 bits per heavy atom. The summed E-state index contributed by atoms with van der Waals surface area (Å²) in [4.78, 5) is 117. The summed E-state index contributed by atoms with van der Waals surface area (Å²) in [5.41, 5.74) is 20.4. The van der Waals surface area contributed by atoms with E-state index in [2.05, 4.69) is 21.9 Å². The zero-order chi connectivity index (χ0) is 41.4. The lowest BCUT2D eigenvalue weighted by molar-refractivity contribution is -0.182. The number of hydroxylamine groups is 6. The smallest absolute Gasteiger partial charge is 0.285 e. The number of benzene rings is 2. The minimum atomic E-state index is -1.42. The van der Waals surface area contributed by atoms with Gasteiger partial charge in [0, 0.05) is 6.42 Å². The van der Waals surface area contributed by atoms with Crippen LogP contribution in [0.5, 0.6) is 0 Å². The summed E-state index contributed by atoms with van der Waals surface area (Å²) in [6.45, 7) is 8.57. The first kappa shape index (κ1) is 45.1. The van der Waals surface area contributed by atoms with Crippen molar-refractivity contribution in [2.75, 3.05) is 6.54 Å². The molecular weight excluding hydrogens is 734 g/mol. The summed E-state index contributed by atoms with van der Waals surface area (Å²) in [5, 5.41) is 0.517. The zero-order valence-corrected chi connectivity index (χ0v) is 32.0. The van der Waals surface area contributed by atoms with Crippen LogP contribution in [0, 0.1) is 11.8 Å². The van der Waals surface area contributed by atoms with Crippen LogP contribution >= 0.6 is 0 Å². The van der Waals surface area contributed by atoms with E-state index in [9.17, 15) is 33.6 Å². The van der Waals surface area contributed by atoms with Crippen LogP contribution in [-0.4, -0.2) is 83.5 Å². The summed E-state index contributed by atoms with van der Waals surface area (Å²) in [5.74, 6) is -6.25. The number of nitrogens with one attached hydrogen (secondary N) is 4. The average Bonchev–Trinajstić information content (AvgIpc) is 3.41. The molecule has 2 aromatic carbocycles. The molecule has 1 aliphatic heterocycles. The number of carbonyl (C=O) groups excluding carboxylic acids is 7. The molecule has 56 heavy (non-hydrogen) atoms. The molecule has 0 aromatic heterocycles. The summed E-state index contributed by atoms with van der Waals surface area (Å²) in [7, 11) is 0. The second-order valence-corrected chi connectivity index (χ2v) is 13.7. The Balaban J connectivity index is 1.60. The number of rotatable bonds is 24. The summed E-state index contributed by atoms with van der Waals surface area (Å²) in [6.07, 6.45) is -5.24. The first-order valence-corrected chi connectivity index (χ1v) is 18.1. The standard InChI is InChI=1S/C37H51N7O12/c1-21(2)19-28(31(39)45)54-42-33(47)27(17-11-12-18-38)53-40-32(46)23(5)52-41-34(48)29(20-24-13-7-6-8-14-24)55-43-35(49)30(22(3)4)56-44-36(50)25-15-9-10-16-26(25)37(44)51/h6-10,13-16,21-23,27-30H,11-12,17-20,38H2,1-5H3,(H2,39,45)(H,40,46)(H,41,48)(H,42,47)(H,43,49)/t23-,27-,28-,29-,30-/m1/s1. The first-order chi connectivity index (χ1) is 26.6. The van der Waals surface area contributed by atoms with Crippen molar-refractivity contribution in [1.29, 1.82) is 0 Å². The average molecular weight is 786 g/mol. The molecule has 0 spiro atoms. The number of nitrogens with zero attached hydrogens (tertiary/aromatic N) is 1. The SMILES string of the molecule is CC(C)C[C@@H](ONC(=O)[C@@H](CCCCN)ONC(=O)[C@@H](C)ONC(=O)[C@@H](Cc1ccccc1)ONC(=O)[C@H](ON1C(=O)c2ccccc2C1=O)C(C)C)C(N)=O. The van der Waals surface area contributed by atoms with Gasteiger partial charge in [0.2, 0.25) is 5.91 Å². The fourth-order valence-corrected chi connectivity index (χ4v) is 5.09. The Kier molecular flexibility index (Phi) is 17.9. The molecule has 5 atom stereocenters. The highest BCUT2D eigenvalue weighted by molar-refractivity contribution is 6.20. The van der Waals surface area contributed by atoms with Gasteiger partial charge >= 0.3 is 0 Å². The van der Waals surface area contributed by atoms with Gasteiger partial charge in [-0.25, -0.2) is 26.8 Å². The number of hydrogen-bond acceptors (Lipinski definition) is 13. The van der Waals surface area contributed by atoms with Gasteiger partial charge in [0.25, 0.3) is 35.4 Å². The van der Waals surface area contributed by atoms with Gasteiger partial charge in [0.05, 0.1) is 11.1 Å². The highest BCUT2D eigenvalue weighted by atomic mass is 16.7. The monoisotopic (exact) mass is 785 g/mol. The Labute approximate surface area is 324 Å². The molecule has 19 nitrogen and oxygen atoms in total. The first-order valence-electron chi connectivity index (χ1n) is 18.1. The van der Waals surface area contributed by atoms with Gasteiger partial charge in [-0.1, -0.05) is 70.2 Å². The number of nitrogens with two attached hydrogens (primary N) is 2. The predicted octanol–water partition coefficient (Wildman–Crippen LogP) is 0.827. The topological polar surface area (TPSA) is 269 Å². The molecule has 0 saturated carbocycles. The lowest BCUT2D eigenvalue weighted by atomic mass is 10.1. The third-order valence-corrected chi connectivity index (χ3v) is 8.22. The van der Waals surface area contributed by atoms with Crippen molar-refractivity contribution in [3.05, 3.63) is 71.3 Å². The van der Waals surface area contributed by atoms with E-state index >= 15 is 0 Å². The fourth-order valence-electron chi connectivity index (χ4n) is 5.09. The molecule has 19 heteroatoms. The summed E-state index contributed by atoms with van der Waals surface area (Å²) in [6, 6.07) is 14.8. The van der Waals surface area contributed by atoms with Crippen LogP contribution in [0.1, 0.15) is 86.6 Å². The van der Waals surface area contributed by atoms with E-state index in [0.29, 0.717) is 30.0 Å². The van der Waals surface area contributed by atoms with Crippen molar-refractivity contribution in [3.63, 3.8) is 0 Å². The van der Waals surface area contributed by atoms with Gasteiger partial charge in [0.1, 0.15) is 0 Å². The highest BCUT2D eigenvalue weighted by Gasteiger charge is 2.40. The maximum absolute atomic E-state index is 13.3. The summed E-state index contributed by atoms with van der Waals surface area (Å²) >= 11 is 0. The van der Waals surface area contributed by atoms with E-state index in [1.807, 2.05) is 13.8 Å². The molecule has 306 valence electrons. The predicted molar refractivity (Wildman–Crippen MR) is 196 cm³/mol. The van der Waals surface area contributed by atoms with Crippen LogP contribution < -0.4 is 33.4 Å². The van der Waals surface area contributed by atoms with Crippen molar-refractivity contribution in [3.8, 4) is 0 Å². The van der Waals surface area contributed by atoms with E-state index < -0.39 is 77.8 Å². The third-order valence-electron chi connectivity index (χ3n) is 8.22. The molecule has 0 fully saturated rings. The second-order valence-electron chi connectivity index (χ2n) is 13.7. The van der Waals surface area contributed by atoms with Crippen LogP contribution in [-0.2, 0) is 54.6 Å². The van der Waals surface area contributed by atoms with Crippen molar-refractivity contribution in [2.24, 2.45) is 23.3 Å². The number of primary amides is 1. The molecule has 7 amide bonds. The molecule has 0 unspecified atom stereocenters. The van der Waals surface area contributed by atoms with E-state index in [0.717, 1.165) is 0 Å². The fraction of sp³-hybridized carbons (Fsp3) is 0.486. The molecule has 1 aliphatic rings. The van der Waals surface area contributed by atoms with Crippen molar-refractivity contribution >= 4 is 41.4 Å². The zero-order valence-electron chi connectivity index (χ0n) is 32.0. The van der Waals surface area contributed by atoms with Crippen LogP contribution in [0.25, 0.3) is 0 Å². The maximum atomic E-state index is 13.3. The minimum absolute atomic E-state index is 0.0401. The number of carbonyl (C=O) groups is 7. The van der Waals surface area contributed by atoms with Crippen molar-refractivity contribution < 1.29 is 57.7 Å². The van der Waals surface area contributed by atoms with E-state index in [1.165, 1.54) is 19.1 Å². The van der Waals surface area contributed by atoms with Gasteiger partial charge in [-0.3, -0.25) is 52.9 Å². The normalized spacial score (nSPS) is 15.1. The van der Waals surface area contributed by atoms with E-state index in [-0.39, 0.29) is 36.3 Å². The van der Waals surface area contributed by atoms with E-state index in [4.69, 9.17) is 35.7 Å². The summed E-state index contributed by atoms with van der Waals surface area (Å²) < 4.78 is 0. The Morgan fingerprint density at radius 3 is 1.75 bits per heavy atom. The van der Waals surface area contributed by atoms with Crippen LogP contribution in [0.15, 0.2) is 54.6 Å². The molecule has 0 radical (unpaired) electrons. The molecule has 1 heterocycles. The third kappa shape index (κ3) is 13.5. The molecule has 0 aliphatic carbocycles. The van der Waals surface area contributed by atoms with Gasteiger partial charge in [-0.2, -0.15) is 0 Å². The Hall–Kier alpha value is -5.31. The minimum Gasteiger partial charge on any atom is -0.367 e. The quantitative estimate of drug-likeness (QED) is 0.0490. The Morgan fingerprint density at radius 1 is 0.661 bits per heavy atom. The highest BCUT2D eigenvalue weighted by Crippen LogP contribution is 2.25. The lowest BCUT2D eigenvalue weighted by Crippen LogP contribution is -2.49. The van der Waals surface area contributed by atoms with Gasteiger partial charge in [0.15, 0.2) is 30.5 Å². The number of hydrogen-bond donors (Lipinski definition) is 6. The molecule has 0 bridgehead atoms. The number of amides is 7. The molecular formula is C37H51N7O12. The lowest BCUT2D eigenvalue weighted by Gasteiger charge is -2.25. The second kappa shape index (κ2) is 22.3. The van der Waals surface area contributed by atoms with E-state index in [1.54, 1.807) is 56.3 Å². The molecule has 8 N–H and O–H groups in total. The van der Waals surface area contributed by atoms with Gasteiger partial charge in [-0.05, 0) is 68.7 Å². The van der Waals surface area contributed by atoms with Crippen molar-refractivity contribution in [2.45, 2.75) is 97.2 Å². The van der Waals surface area contributed by atoms with Crippen molar-refractivity contribution in [1.82, 2.24) is 27.0 Å². The number of imide groups is 1. The van der Waals surface area contributed by atoms with Crippen LogP contribution in [0.2, 0.25) is 0 Å².